The fourth-order valence-electron chi connectivity index (χ4n) is 3.50. The van der Waals surface area contributed by atoms with Crippen molar-refractivity contribution >= 4 is 32.3 Å². The molecule has 0 saturated carbocycles. The quantitative estimate of drug-likeness (QED) is 0.695. The van der Waals surface area contributed by atoms with Crippen molar-refractivity contribution in [3.8, 4) is 5.75 Å². The van der Waals surface area contributed by atoms with Gasteiger partial charge in [0.25, 0.3) is 0 Å². The van der Waals surface area contributed by atoms with Crippen molar-refractivity contribution in [2.75, 3.05) is 24.6 Å². The lowest BCUT2D eigenvalue weighted by Crippen LogP contribution is -2.48. The van der Waals surface area contributed by atoms with Gasteiger partial charge in [-0.25, -0.2) is 16.8 Å². The number of piperidine rings is 1. The minimum Gasteiger partial charge on any atom is -0.406 e. The van der Waals surface area contributed by atoms with Crippen molar-refractivity contribution in [1.29, 1.82) is 0 Å². The van der Waals surface area contributed by atoms with E-state index in [-0.39, 0.29) is 54.0 Å². The monoisotopic (exact) mass is 478 g/mol. The average molecular weight is 479 g/mol. The third-order valence-corrected chi connectivity index (χ3v) is 8.50. The van der Waals surface area contributed by atoms with E-state index in [4.69, 9.17) is 0 Å². The van der Waals surface area contributed by atoms with E-state index in [0.29, 0.717) is 19.3 Å². The molecule has 1 N–H and O–H groups in total. The number of sulfonamides is 1. The molecule has 166 valence electrons. The molecule has 3 rings (SSSR count). The summed E-state index contributed by atoms with van der Waals surface area (Å²) in [6.45, 7) is 0.396. The maximum absolute atomic E-state index is 12.7. The lowest BCUT2D eigenvalue weighted by atomic mass is 10.1. The lowest BCUT2D eigenvalue weighted by molar-refractivity contribution is -0.274. The van der Waals surface area contributed by atoms with Crippen LogP contribution in [0.2, 0.25) is 0 Å². The molecule has 13 heteroatoms. The maximum Gasteiger partial charge on any atom is 0.573 e. The molecule has 1 aromatic carbocycles. The number of nitrogens with one attached hydrogen (secondary N) is 1. The summed E-state index contributed by atoms with van der Waals surface area (Å²) in [5.41, 5.74) is 0. The average Bonchev–Trinajstić information content (AvgIpc) is 2.92. The second kappa shape index (κ2) is 8.96. The van der Waals surface area contributed by atoms with Crippen molar-refractivity contribution in [2.45, 2.75) is 42.6 Å². The largest absolute Gasteiger partial charge is 0.573 e. The van der Waals surface area contributed by atoms with Crippen LogP contribution >= 0.6 is 12.4 Å². The zero-order valence-electron chi connectivity index (χ0n) is 15.3. The van der Waals surface area contributed by atoms with E-state index in [1.54, 1.807) is 0 Å². The molecule has 0 spiro atoms. The fourth-order valence-corrected chi connectivity index (χ4v) is 6.70. The highest BCUT2D eigenvalue weighted by molar-refractivity contribution is 7.91. The molecule has 2 saturated heterocycles. The van der Waals surface area contributed by atoms with E-state index < -0.39 is 32.0 Å². The number of hydrogen-bond donors (Lipinski definition) is 1. The molecule has 2 aliphatic rings. The number of halogens is 4. The maximum atomic E-state index is 12.7. The number of alkyl halides is 3. The Hall–Kier alpha value is -1.08. The van der Waals surface area contributed by atoms with Crippen molar-refractivity contribution in [1.82, 2.24) is 9.62 Å². The van der Waals surface area contributed by atoms with Crippen LogP contribution in [0.3, 0.4) is 0 Å². The van der Waals surface area contributed by atoms with Crippen LogP contribution in [-0.4, -0.2) is 64.2 Å². The molecule has 1 unspecified atom stereocenters. The fraction of sp³-hybridized carbons (Fsp3) is 0.625. The van der Waals surface area contributed by atoms with Gasteiger partial charge in [-0.2, -0.15) is 4.31 Å². The van der Waals surface area contributed by atoms with E-state index in [9.17, 15) is 30.0 Å². The number of hydrogen-bond acceptors (Lipinski definition) is 6. The Morgan fingerprint density at radius 2 is 1.76 bits per heavy atom. The van der Waals surface area contributed by atoms with Gasteiger partial charge in [0.1, 0.15) is 5.75 Å². The van der Waals surface area contributed by atoms with Crippen molar-refractivity contribution in [3.05, 3.63) is 24.3 Å². The molecule has 29 heavy (non-hydrogen) atoms. The van der Waals surface area contributed by atoms with E-state index in [0.717, 1.165) is 12.1 Å². The van der Waals surface area contributed by atoms with Crippen molar-refractivity contribution < 1.29 is 34.7 Å². The standard InChI is InChI=1S/C16H21F3N2O5S2.ClH/c17-16(18,19)26-14-2-1-3-15(10-14)28(24,25)21-7-4-12(5-8-21)20-13-6-9-27(22,23)11-13;/h1-3,10,12-13,20H,4-9,11H2;1H. The van der Waals surface area contributed by atoms with Crippen LogP contribution in [0.15, 0.2) is 29.2 Å². The third-order valence-electron chi connectivity index (χ3n) is 4.83. The van der Waals surface area contributed by atoms with Gasteiger partial charge in [-0.05, 0) is 31.4 Å². The number of nitrogens with zero attached hydrogens (tertiary/aromatic N) is 1. The first-order valence-corrected chi connectivity index (χ1v) is 12.0. The van der Waals surface area contributed by atoms with Gasteiger partial charge < -0.3 is 10.1 Å². The molecule has 0 amide bonds. The van der Waals surface area contributed by atoms with Gasteiger partial charge >= 0.3 is 6.36 Å². The van der Waals surface area contributed by atoms with Crippen LogP contribution in [0.1, 0.15) is 19.3 Å². The van der Waals surface area contributed by atoms with Crippen LogP contribution in [0.25, 0.3) is 0 Å². The van der Waals surface area contributed by atoms with Gasteiger partial charge in [-0.15, -0.1) is 25.6 Å². The molecule has 0 aliphatic carbocycles. The summed E-state index contributed by atoms with van der Waals surface area (Å²) >= 11 is 0. The van der Waals surface area contributed by atoms with Gasteiger partial charge in [0, 0.05) is 31.2 Å². The van der Waals surface area contributed by atoms with E-state index in [2.05, 4.69) is 10.1 Å². The number of benzene rings is 1. The van der Waals surface area contributed by atoms with Crippen molar-refractivity contribution in [2.24, 2.45) is 0 Å². The first-order valence-electron chi connectivity index (χ1n) is 8.77. The topological polar surface area (TPSA) is 92.8 Å². The molecule has 2 fully saturated rings. The van der Waals surface area contributed by atoms with Crippen LogP contribution in [0, 0.1) is 0 Å². The zero-order chi connectivity index (χ0) is 20.6. The summed E-state index contributed by atoms with van der Waals surface area (Å²) in [5, 5.41) is 3.27. The summed E-state index contributed by atoms with van der Waals surface area (Å²) in [4.78, 5) is -0.262. The molecule has 7 nitrogen and oxygen atoms in total. The lowest BCUT2D eigenvalue weighted by Gasteiger charge is -2.33. The smallest absolute Gasteiger partial charge is 0.406 e. The van der Waals surface area contributed by atoms with Gasteiger partial charge in [0.15, 0.2) is 9.84 Å². The Labute approximate surface area is 174 Å². The van der Waals surface area contributed by atoms with Crippen LogP contribution < -0.4 is 10.1 Å². The second-order valence-electron chi connectivity index (χ2n) is 6.97. The van der Waals surface area contributed by atoms with Crippen LogP contribution in [0.4, 0.5) is 13.2 Å². The summed E-state index contributed by atoms with van der Waals surface area (Å²) in [6, 6.07) is 4.21. The molecular formula is C16H22ClF3N2O5S2. The number of ether oxygens (including phenoxy) is 1. The molecule has 1 aromatic rings. The van der Waals surface area contributed by atoms with E-state index in [1.807, 2.05) is 0 Å². The summed E-state index contributed by atoms with van der Waals surface area (Å²) in [6.07, 6.45) is -3.37. The van der Waals surface area contributed by atoms with Gasteiger partial charge in [-0.3, -0.25) is 0 Å². The van der Waals surface area contributed by atoms with Gasteiger partial charge in [0.05, 0.1) is 16.4 Å². The third kappa shape index (κ3) is 6.45. The van der Waals surface area contributed by atoms with Crippen LogP contribution in [-0.2, 0) is 19.9 Å². The van der Waals surface area contributed by atoms with E-state index in [1.165, 1.54) is 16.4 Å². The molecule has 0 aromatic heterocycles. The summed E-state index contributed by atoms with van der Waals surface area (Å²) < 4.78 is 90.6. The highest BCUT2D eigenvalue weighted by Gasteiger charge is 2.34. The predicted octanol–water partition coefficient (Wildman–Crippen LogP) is 1.94. The number of sulfone groups is 1. The Balaban J connectivity index is 0.00000300. The highest BCUT2D eigenvalue weighted by Crippen LogP contribution is 2.27. The predicted molar refractivity (Wildman–Crippen MR) is 102 cm³/mol. The van der Waals surface area contributed by atoms with Crippen molar-refractivity contribution in [3.63, 3.8) is 0 Å². The Morgan fingerprint density at radius 3 is 2.31 bits per heavy atom. The molecular weight excluding hydrogens is 457 g/mol. The minimum atomic E-state index is -4.90. The molecule has 2 aliphatic heterocycles. The number of rotatable bonds is 5. The minimum absolute atomic E-state index is 0. The van der Waals surface area contributed by atoms with Crippen LogP contribution in [0.5, 0.6) is 5.75 Å². The molecule has 1 atom stereocenters. The Bertz CT molecular complexity index is 917. The molecule has 0 radical (unpaired) electrons. The molecule has 2 heterocycles. The summed E-state index contributed by atoms with van der Waals surface area (Å²) in [7, 11) is -6.94. The first-order chi connectivity index (χ1) is 12.9. The SMILES string of the molecule is Cl.O=S1(=O)CCC(NC2CCN(S(=O)(=O)c3cccc(OC(F)(F)F)c3)CC2)C1. The molecule has 0 bridgehead atoms. The van der Waals surface area contributed by atoms with E-state index >= 15 is 0 Å². The first kappa shape index (κ1) is 24.2. The van der Waals surface area contributed by atoms with Gasteiger partial charge in [0.2, 0.25) is 10.0 Å². The Kier molecular flexibility index (Phi) is 7.48. The Morgan fingerprint density at radius 1 is 1.10 bits per heavy atom. The second-order valence-corrected chi connectivity index (χ2v) is 11.1. The zero-order valence-corrected chi connectivity index (χ0v) is 17.7. The summed E-state index contributed by atoms with van der Waals surface area (Å²) in [5.74, 6) is -0.335. The highest BCUT2D eigenvalue weighted by atomic mass is 35.5. The normalized spacial score (nSPS) is 23.5. The van der Waals surface area contributed by atoms with Gasteiger partial charge in [-0.1, -0.05) is 6.07 Å².